The van der Waals surface area contributed by atoms with Gasteiger partial charge in [0.15, 0.2) is 5.96 Å². The third kappa shape index (κ3) is 8.56. The molecule has 0 aromatic carbocycles. The summed E-state index contributed by atoms with van der Waals surface area (Å²) in [6.45, 7) is 14.7. The van der Waals surface area contributed by atoms with E-state index in [9.17, 15) is 0 Å². The monoisotopic (exact) mass is 325 g/mol. The minimum Gasteiger partial charge on any atom is -0.355 e. The molecule has 5 heteroatoms. The number of nitrogens with zero attached hydrogens (tertiary/aromatic N) is 3. The number of piperazine rings is 1. The lowest BCUT2D eigenvalue weighted by atomic mass is 10.0. The van der Waals surface area contributed by atoms with Gasteiger partial charge in [0.25, 0.3) is 0 Å². The van der Waals surface area contributed by atoms with Crippen molar-refractivity contribution in [1.29, 1.82) is 0 Å². The Labute approximate surface area is 143 Å². The van der Waals surface area contributed by atoms with Gasteiger partial charge >= 0.3 is 0 Å². The van der Waals surface area contributed by atoms with Crippen LogP contribution in [0.2, 0.25) is 0 Å². The summed E-state index contributed by atoms with van der Waals surface area (Å²) in [5.41, 5.74) is 0. The summed E-state index contributed by atoms with van der Waals surface area (Å²) < 4.78 is 0. The molecular weight excluding hydrogens is 286 g/mol. The van der Waals surface area contributed by atoms with Gasteiger partial charge in [-0.1, -0.05) is 26.7 Å². The summed E-state index contributed by atoms with van der Waals surface area (Å²) in [5, 5.41) is 7.01. The number of aliphatic imine (C=N–C) groups is 1. The first-order valence-electron chi connectivity index (χ1n) is 9.32. The van der Waals surface area contributed by atoms with E-state index in [1.807, 2.05) is 7.05 Å². The summed E-state index contributed by atoms with van der Waals surface area (Å²) >= 11 is 0. The zero-order valence-corrected chi connectivity index (χ0v) is 16.2. The normalized spacial score (nSPS) is 20.6. The molecule has 1 fully saturated rings. The molecule has 0 bridgehead atoms. The molecule has 0 aliphatic carbocycles. The zero-order valence-electron chi connectivity index (χ0n) is 16.2. The van der Waals surface area contributed by atoms with Crippen molar-refractivity contribution in [2.75, 3.05) is 46.8 Å². The van der Waals surface area contributed by atoms with E-state index in [0.717, 1.165) is 31.5 Å². The molecule has 1 aliphatic rings. The molecule has 2 N–H and O–H groups in total. The van der Waals surface area contributed by atoms with Crippen molar-refractivity contribution in [3.05, 3.63) is 0 Å². The molecule has 1 aliphatic heterocycles. The molecule has 1 heterocycles. The van der Waals surface area contributed by atoms with Crippen LogP contribution < -0.4 is 10.6 Å². The second-order valence-electron chi connectivity index (χ2n) is 7.51. The summed E-state index contributed by atoms with van der Waals surface area (Å²) in [6.07, 6.45) is 3.78. The smallest absolute Gasteiger partial charge is 0.191 e. The predicted molar refractivity (Wildman–Crippen MR) is 101 cm³/mol. The van der Waals surface area contributed by atoms with Gasteiger partial charge in [-0.25, -0.2) is 0 Å². The molecule has 2 unspecified atom stereocenters. The van der Waals surface area contributed by atoms with Crippen LogP contribution in [0.5, 0.6) is 0 Å². The summed E-state index contributed by atoms with van der Waals surface area (Å²) in [6, 6.07) is 1.01. The molecule has 1 saturated heterocycles. The van der Waals surface area contributed by atoms with Crippen molar-refractivity contribution >= 4 is 5.96 Å². The predicted octanol–water partition coefficient (Wildman–Crippen LogP) is 2.00. The number of rotatable bonds is 8. The standard InChI is InChI=1S/C18H39N5/c1-15(2)8-7-9-16(3)21-18(19-5)20-14-17(4)23-12-10-22(6)11-13-23/h15-17H,7-14H2,1-6H3,(H2,19,20,21). The van der Waals surface area contributed by atoms with E-state index < -0.39 is 0 Å². The minimum absolute atomic E-state index is 0.471. The first-order chi connectivity index (χ1) is 10.9. The summed E-state index contributed by atoms with van der Waals surface area (Å²) in [4.78, 5) is 9.33. The highest BCUT2D eigenvalue weighted by Gasteiger charge is 2.19. The fourth-order valence-corrected chi connectivity index (χ4v) is 2.97. The van der Waals surface area contributed by atoms with E-state index in [1.165, 1.54) is 32.4 Å². The maximum Gasteiger partial charge on any atom is 0.191 e. The van der Waals surface area contributed by atoms with Gasteiger partial charge in [-0.15, -0.1) is 0 Å². The highest BCUT2D eigenvalue weighted by Crippen LogP contribution is 2.08. The van der Waals surface area contributed by atoms with Gasteiger partial charge in [-0.05, 0) is 33.2 Å². The first kappa shape index (κ1) is 20.2. The quantitative estimate of drug-likeness (QED) is 0.529. The Hall–Kier alpha value is -0.810. The first-order valence-corrected chi connectivity index (χ1v) is 9.32. The molecular formula is C18H39N5. The third-order valence-corrected chi connectivity index (χ3v) is 4.75. The van der Waals surface area contributed by atoms with Crippen LogP contribution in [0.4, 0.5) is 0 Å². The molecule has 0 saturated carbocycles. The SMILES string of the molecule is CN=C(NCC(C)N1CCN(C)CC1)NC(C)CCCC(C)C. The van der Waals surface area contributed by atoms with Crippen molar-refractivity contribution in [3.8, 4) is 0 Å². The Kier molecular flexibility index (Phi) is 9.56. The van der Waals surface area contributed by atoms with Crippen molar-refractivity contribution < 1.29 is 0 Å². The summed E-state index contributed by atoms with van der Waals surface area (Å²) in [7, 11) is 4.06. The maximum absolute atomic E-state index is 4.37. The summed E-state index contributed by atoms with van der Waals surface area (Å²) in [5.74, 6) is 1.73. The van der Waals surface area contributed by atoms with E-state index in [0.29, 0.717) is 12.1 Å². The Balaban J connectivity index is 2.25. The Morgan fingerprint density at radius 3 is 2.26 bits per heavy atom. The van der Waals surface area contributed by atoms with Crippen LogP contribution in [0.1, 0.15) is 47.0 Å². The van der Waals surface area contributed by atoms with Crippen LogP contribution in [0.25, 0.3) is 0 Å². The highest BCUT2D eigenvalue weighted by atomic mass is 15.3. The Morgan fingerprint density at radius 1 is 1.04 bits per heavy atom. The van der Waals surface area contributed by atoms with Crippen LogP contribution >= 0.6 is 0 Å². The number of likely N-dealkylation sites (N-methyl/N-ethyl adjacent to an activating group) is 1. The van der Waals surface area contributed by atoms with E-state index in [-0.39, 0.29) is 0 Å². The molecule has 23 heavy (non-hydrogen) atoms. The molecule has 0 spiro atoms. The van der Waals surface area contributed by atoms with Gasteiger partial charge in [0, 0.05) is 51.9 Å². The number of hydrogen-bond donors (Lipinski definition) is 2. The van der Waals surface area contributed by atoms with E-state index in [1.54, 1.807) is 0 Å². The maximum atomic E-state index is 4.37. The molecule has 136 valence electrons. The molecule has 0 radical (unpaired) electrons. The lowest BCUT2D eigenvalue weighted by molar-refractivity contribution is 0.120. The lowest BCUT2D eigenvalue weighted by Crippen LogP contribution is -2.52. The lowest BCUT2D eigenvalue weighted by Gasteiger charge is -2.36. The van der Waals surface area contributed by atoms with Crippen LogP contribution in [0.15, 0.2) is 4.99 Å². The second-order valence-corrected chi connectivity index (χ2v) is 7.51. The fraction of sp³-hybridized carbons (Fsp3) is 0.944. The van der Waals surface area contributed by atoms with Gasteiger partial charge in [-0.3, -0.25) is 9.89 Å². The Bertz CT molecular complexity index is 334. The average molecular weight is 326 g/mol. The van der Waals surface area contributed by atoms with Crippen LogP contribution in [-0.4, -0.2) is 74.7 Å². The second kappa shape index (κ2) is 10.9. The van der Waals surface area contributed by atoms with Gasteiger partial charge in [-0.2, -0.15) is 0 Å². The van der Waals surface area contributed by atoms with Crippen LogP contribution in [-0.2, 0) is 0 Å². The zero-order chi connectivity index (χ0) is 17.2. The van der Waals surface area contributed by atoms with Crippen molar-refractivity contribution in [3.63, 3.8) is 0 Å². The third-order valence-electron chi connectivity index (χ3n) is 4.75. The Morgan fingerprint density at radius 2 is 1.70 bits per heavy atom. The topological polar surface area (TPSA) is 42.9 Å². The van der Waals surface area contributed by atoms with E-state index in [2.05, 4.69) is 60.2 Å². The van der Waals surface area contributed by atoms with Crippen LogP contribution in [0.3, 0.4) is 0 Å². The fourth-order valence-electron chi connectivity index (χ4n) is 2.97. The van der Waals surface area contributed by atoms with E-state index >= 15 is 0 Å². The van der Waals surface area contributed by atoms with Crippen molar-refractivity contribution in [2.45, 2.75) is 59.0 Å². The number of hydrogen-bond acceptors (Lipinski definition) is 3. The molecule has 2 atom stereocenters. The van der Waals surface area contributed by atoms with Crippen molar-refractivity contribution in [1.82, 2.24) is 20.4 Å². The van der Waals surface area contributed by atoms with Crippen LogP contribution in [0, 0.1) is 5.92 Å². The minimum atomic E-state index is 0.471. The largest absolute Gasteiger partial charge is 0.355 e. The molecule has 0 aromatic heterocycles. The van der Waals surface area contributed by atoms with Gasteiger partial charge in [0.2, 0.25) is 0 Å². The molecule has 0 aromatic rings. The van der Waals surface area contributed by atoms with Crippen molar-refractivity contribution in [2.24, 2.45) is 10.9 Å². The van der Waals surface area contributed by atoms with E-state index in [4.69, 9.17) is 0 Å². The number of guanidine groups is 1. The van der Waals surface area contributed by atoms with Gasteiger partial charge < -0.3 is 15.5 Å². The molecule has 1 rings (SSSR count). The molecule has 0 amide bonds. The number of nitrogens with one attached hydrogen (secondary N) is 2. The van der Waals surface area contributed by atoms with Gasteiger partial charge in [0.05, 0.1) is 0 Å². The molecule has 5 nitrogen and oxygen atoms in total. The van der Waals surface area contributed by atoms with Gasteiger partial charge in [0.1, 0.15) is 0 Å². The highest BCUT2D eigenvalue weighted by molar-refractivity contribution is 5.79. The average Bonchev–Trinajstić information content (AvgIpc) is 2.51.